The first-order valence-electron chi connectivity index (χ1n) is 14.7. The Bertz CT molecular complexity index is 1980. The van der Waals surface area contributed by atoms with Crippen LogP contribution in [0.25, 0.3) is 28.2 Å². The number of ether oxygens (including phenoxy) is 1. The Balaban J connectivity index is 0.00000480. The van der Waals surface area contributed by atoms with E-state index >= 15 is 0 Å². The third kappa shape index (κ3) is 6.99. The fraction of sp³-hybridized carbons (Fsp3) is 0.286. The van der Waals surface area contributed by atoms with Crippen molar-refractivity contribution in [1.29, 1.82) is 0 Å². The third-order valence-corrected chi connectivity index (χ3v) is 10.0. The molecule has 4 aromatic rings. The Morgan fingerprint density at radius 3 is 2.39 bits per heavy atom. The Kier molecular flexibility index (Phi) is 10.7. The number of rotatable bonds is 10. The minimum atomic E-state index is -3.69. The zero-order valence-corrected chi connectivity index (χ0v) is 29.6. The molecule has 1 aromatic heterocycles. The number of fused-ring (bicyclic) bond motifs is 2. The summed E-state index contributed by atoms with van der Waals surface area (Å²) in [7, 11) is -0.268. The lowest BCUT2D eigenvalue weighted by atomic mass is 9.80. The molecule has 46 heavy (non-hydrogen) atoms. The summed E-state index contributed by atoms with van der Waals surface area (Å²) in [5.41, 5.74) is 7.18. The maximum Gasteiger partial charge on any atom is 0.337 e. The van der Waals surface area contributed by atoms with Crippen LogP contribution in [-0.4, -0.2) is 54.6 Å². The Morgan fingerprint density at radius 2 is 1.72 bits per heavy atom. The summed E-state index contributed by atoms with van der Waals surface area (Å²) in [6.45, 7) is 5.97. The van der Waals surface area contributed by atoms with Gasteiger partial charge in [0.2, 0.25) is 21.6 Å². The van der Waals surface area contributed by atoms with Gasteiger partial charge in [-0.25, -0.2) is 13.2 Å². The number of sulfonamides is 1. The Morgan fingerprint density at radius 1 is 1.02 bits per heavy atom. The molecule has 1 aliphatic heterocycles. The lowest BCUT2D eigenvalue weighted by molar-refractivity contribution is -0.438. The normalized spacial score (nSPS) is 14.0. The fourth-order valence-corrected chi connectivity index (χ4v) is 7.45. The van der Waals surface area contributed by atoms with Crippen LogP contribution < -0.4 is 21.7 Å². The molecule has 0 saturated heterocycles. The van der Waals surface area contributed by atoms with Gasteiger partial charge < -0.3 is 26.3 Å². The van der Waals surface area contributed by atoms with E-state index in [0.29, 0.717) is 30.0 Å². The summed E-state index contributed by atoms with van der Waals surface area (Å²) in [5.74, 6) is -1.15. The van der Waals surface area contributed by atoms with Gasteiger partial charge in [-0.05, 0) is 62.2 Å². The van der Waals surface area contributed by atoms with Gasteiger partial charge in [0.1, 0.15) is 6.54 Å². The molecule has 0 radical (unpaired) electrons. The molecule has 1 N–H and O–H groups in total. The van der Waals surface area contributed by atoms with E-state index in [1.54, 1.807) is 6.07 Å². The molecule has 2 heterocycles. The SMILES string of the molecule is COC(=O)c1ccc2c(c1)C(C)(C)C(C=Cc1c(-c3ccc(Cl)cc3)n(C)c3ccccc13)=[N+]2CCCCS(=O)(=O)NC(C)=O.[Br-]. The average Bonchev–Trinajstić information content (AvgIpc) is 3.39. The van der Waals surface area contributed by atoms with Gasteiger partial charge in [0.15, 0.2) is 5.71 Å². The van der Waals surface area contributed by atoms with Gasteiger partial charge in [-0.15, -0.1) is 0 Å². The lowest BCUT2D eigenvalue weighted by Gasteiger charge is -2.16. The van der Waals surface area contributed by atoms with Crippen LogP contribution in [0.4, 0.5) is 5.69 Å². The van der Waals surface area contributed by atoms with E-state index < -0.39 is 27.3 Å². The van der Waals surface area contributed by atoms with E-state index in [9.17, 15) is 18.0 Å². The van der Waals surface area contributed by atoms with Crippen molar-refractivity contribution in [2.45, 2.75) is 39.0 Å². The molecule has 8 nitrogen and oxygen atoms in total. The maximum absolute atomic E-state index is 12.4. The molecular formula is C35H37BrClN3O5S. The molecule has 1 aliphatic rings. The second-order valence-electron chi connectivity index (χ2n) is 11.7. The molecule has 0 atom stereocenters. The molecule has 0 bridgehead atoms. The van der Waals surface area contributed by atoms with Crippen LogP contribution >= 0.6 is 11.6 Å². The molecule has 0 fully saturated rings. The first-order chi connectivity index (χ1) is 21.3. The summed E-state index contributed by atoms with van der Waals surface area (Å²) < 4.78 is 35.9. The highest BCUT2D eigenvalue weighted by molar-refractivity contribution is 7.90. The Labute approximate surface area is 285 Å². The number of para-hydroxylation sites is 1. The van der Waals surface area contributed by atoms with E-state index in [1.165, 1.54) is 14.0 Å². The summed E-state index contributed by atoms with van der Waals surface area (Å²) in [5, 5.41) is 1.78. The van der Waals surface area contributed by atoms with E-state index in [2.05, 4.69) is 54.3 Å². The number of benzene rings is 3. The predicted octanol–water partition coefficient (Wildman–Crippen LogP) is 3.63. The topological polar surface area (TPSA) is 97.5 Å². The summed E-state index contributed by atoms with van der Waals surface area (Å²) in [6.07, 6.45) is 5.21. The van der Waals surface area contributed by atoms with Crippen LogP contribution in [0.5, 0.6) is 0 Å². The molecule has 3 aromatic carbocycles. The van der Waals surface area contributed by atoms with E-state index in [1.807, 2.05) is 53.3 Å². The number of esters is 1. The molecule has 0 saturated carbocycles. The molecule has 1 amide bonds. The predicted molar refractivity (Wildman–Crippen MR) is 180 cm³/mol. The minimum Gasteiger partial charge on any atom is -1.00 e. The number of amides is 1. The highest BCUT2D eigenvalue weighted by Gasteiger charge is 2.44. The van der Waals surface area contributed by atoms with Crippen molar-refractivity contribution in [2.75, 3.05) is 19.4 Å². The standard InChI is InChI=1S/C35H36ClN3O5S.BrH/c1-23(40)37-45(42,43)21-9-8-20-39-31-18-14-25(34(41)44-5)22-29(31)35(2,3)32(39)19-17-28-27-10-6-7-11-30(27)38(4)33(28)24-12-15-26(36)16-13-24;/h6-7,10-19,22H,8-9,20-21H2,1-5H3;1H. The average molecular weight is 727 g/mol. The second kappa shape index (κ2) is 13.9. The van der Waals surface area contributed by atoms with Crippen molar-refractivity contribution in [3.8, 4) is 11.3 Å². The number of nitrogens with one attached hydrogen (secondary N) is 1. The minimum absolute atomic E-state index is 0. The van der Waals surface area contributed by atoms with Gasteiger partial charge in [0.05, 0.1) is 29.5 Å². The number of unbranched alkanes of at least 4 members (excludes halogenated alkanes) is 1. The number of allylic oxidation sites excluding steroid dienone is 1. The second-order valence-corrected chi connectivity index (χ2v) is 14.0. The van der Waals surface area contributed by atoms with Crippen molar-refractivity contribution in [3.05, 3.63) is 94.5 Å². The monoisotopic (exact) mass is 725 g/mol. The molecular weight excluding hydrogens is 690 g/mol. The van der Waals surface area contributed by atoms with Crippen molar-refractivity contribution in [1.82, 2.24) is 9.29 Å². The number of hydrogen-bond acceptors (Lipinski definition) is 5. The first-order valence-corrected chi connectivity index (χ1v) is 16.8. The van der Waals surface area contributed by atoms with Gasteiger partial charge in [-0.2, -0.15) is 4.58 Å². The van der Waals surface area contributed by atoms with Crippen LogP contribution in [0, 0.1) is 0 Å². The smallest absolute Gasteiger partial charge is 0.337 e. The van der Waals surface area contributed by atoms with Crippen molar-refractivity contribution >= 4 is 61.9 Å². The number of aryl methyl sites for hydroxylation is 1. The van der Waals surface area contributed by atoms with Gasteiger partial charge in [0, 0.05) is 59.6 Å². The summed E-state index contributed by atoms with van der Waals surface area (Å²) in [4.78, 5) is 23.7. The fourth-order valence-electron chi connectivity index (χ4n) is 6.20. The highest BCUT2D eigenvalue weighted by Crippen LogP contribution is 2.42. The number of nitrogens with zero attached hydrogens (tertiary/aromatic N) is 2. The van der Waals surface area contributed by atoms with Crippen LogP contribution in [-0.2, 0) is 32.0 Å². The number of hydrogen-bond donors (Lipinski definition) is 1. The van der Waals surface area contributed by atoms with Crippen molar-refractivity contribution in [3.63, 3.8) is 0 Å². The number of methoxy groups -OCH3 is 1. The molecule has 11 heteroatoms. The third-order valence-electron chi connectivity index (χ3n) is 8.33. The van der Waals surface area contributed by atoms with Crippen LogP contribution in [0.3, 0.4) is 0 Å². The molecule has 0 spiro atoms. The molecule has 0 unspecified atom stereocenters. The van der Waals surface area contributed by atoms with Gasteiger partial charge >= 0.3 is 5.97 Å². The quantitative estimate of drug-likeness (QED) is 0.153. The first kappa shape index (κ1) is 35.1. The van der Waals surface area contributed by atoms with E-state index in [4.69, 9.17) is 16.3 Å². The summed E-state index contributed by atoms with van der Waals surface area (Å²) in [6, 6.07) is 21.7. The molecule has 5 rings (SSSR count). The Hall–Kier alpha value is -3.73. The summed E-state index contributed by atoms with van der Waals surface area (Å²) >= 11 is 6.22. The van der Waals surface area contributed by atoms with Crippen molar-refractivity contribution < 1.29 is 44.3 Å². The molecule has 242 valence electrons. The largest absolute Gasteiger partial charge is 1.00 e. The zero-order chi connectivity index (χ0) is 32.5. The van der Waals surface area contributed by atoms with Crippen LogP contribution in [0.15, 0.2) is 72.8 Å². The van der Waals surface area contributed by atoms with Crippen LogP contribution in [0.1, 0.15) is 55.1 Å². The lowest BCUT2D eigenvalue weighted by Crippen LogP contribution is -3.00. The number of halogens is 2. The number of carbonyl (C=O) groups excluding carboxylic acids is 2. The highest BCUT2D eigenvalue weighted by atomic mass is 79.9. The van der Waals surface area contributed by atoms with Gasteiger partial charge in [0.25, 0.3) is 0 Å². The zero-order valence-electron chi connectivity index (χ0n) is 26.4. The van der Waals surface area contributed by atoms with Gasteiger partial charge in [-0.3, -0.25) is 9.52 Å². The van der Waals surface area contributed by atoms with Crippen molar-refractivity contribution in [2.24, 2.45) is 7.05 Å². The van der Waals surface area contributed by atoms with Gasteiger partial charge in [-0.1, -0.05) is 41.9 Å². The van der Waals surface area contributed by atoms with E-state index in [0.717, 1.165) is 44.7 Å². The molecule has 0 aliphatic carbocycles. The number of aromatic nitrogens is 1. The number of carbonyl (C=O) groups is 2. The maximum atomic E-state index is 12.4. The van der Waals surface area contributed by atoms with E-state index in [-0.39, 0.29) is 22.7 Å². The van der Waals surface area contributed by atoms with Crippen LogP contribution in [0.2, 0.25) is 5.02 Å².